The summed E-state index contributed by atoms with van der Waals surface area (Å²) in [5, 5.41) is 7.86. The van der Waals surface area contributed by atoms with Gasteiger partial charge in [-0.3, -0.25) is 24.0 Å². The van der Waals surface area contributed by atoms with Gasteiger partial charge in [-0.2, -0.15) is 0 Å². The molecule has 2 aliphatic heterocycles. The molecule has 0 saturated carbocycles. The number of benzene rings is 1. The van der Waals surface area contributed by atoms with E-state index < -0.39 is 42.3 Å². The van der Waals surface area contributed by atoms with Gasteiger partial charge in [-0.1, -0.05) is 17.7 Å². The fraction of sp³-hybridized carbons (Fsp3) is 0.476. The van der Waals surface area contributed by atoms with Crippen LogP contribution in [0.3, 0.4) is 0 Å². The summed E-state index contributed by atoms with van der Waals surface area (Å²) < 4.78 is 0. The minimum absolute atomic E-state index is 0.222. The van der Waals surface area contributed by atoms with Gasteiger partial charge in [0.1, 0.15) is 18.1 Å². The van der Waals surface area contributed by atoms with E-state index in [2.05, 4.69) is 16.0 Å². The number of carbonyl (C=O) groups is 5. The fourth-order valence-corrected chi connectivity index (χ4v) is 3.85. The Balaban J connectivity index is 1.68. The van der Waals surface area contributed by atoms with Gasteiger partial charge >= 0.3 is 0 Å². The molecule has 0 aliphatic carbocycles. The smallest absolute Gasteiger partial charge is 0.247 e. The lowest BCUT2D eigenvalue weighted by atomic mass is 10.1. The molecule has 3 atom stereocenters. The van der Waals surface area contributed by atoms with Crippen LogP contribution in [-0.4, -0.2) is 59.1 Å². The van der Waals surface area contributed by atoms with E-state index in [-0.39, 0.29) is 18.2 Å². The van der Waals surface area contributed by atoms with Gasteiger partial charge in [0.25, 0.3) is 0 Å². The van der Waals surface area contributed by atoms with Crippen LogP contribution in [0.4, 0.5) is 5.69 Å². The van der Waals surface area contributed by atoms with Crippen molar-refractivity contribution in [3.8, 4) is 0 Å². The molecule has 2 saturated heterocycles. The number of amides is 5. The van der Waals surface area contributed by atoms with Crippen molar-refractivity contribution in [2.75, 3.05) is 11.9 Å². The SMILES string of the molecule is Cc1ccc(NC(=O)C2CCCN2C(=O)C(CC(N)=O)NC(=O)C2CCC(=O)N2)cc1. The third kappa shape index (κ3) is 5.59. The van der Waals surface area contributed by atoms with Crippen molar-refractivity contribution in [2.24, 2.45) is 5.73 Å². The van der Waals surface area contributed by atoms with E-state index >= 15 is 0 Å². The van der Waals surface area contributed by atoms with Gasteiger partial charge in [-0.05, 0) is 38.3 Å². The molecule has 0 radical (unpaired) electrons. The first-order valence-corrected chi connectivity index (χ1v) is 10.3. The number of aryl methyl sites for hydroxylation is 1. The third-order valence-corrected chi connectivity index (χ3v) is 5.49. The van der Waals surface area contributed by atoms with Gasteiger partial charge in [0.15, 0.2) is 0 Å². The topological polar surface area (TPSA) is 151 Å². The second kappa shape index (κ2) is 9.59. The minimum Gasteiger partial charge on any atom is -0.370 e. The number of nitrogens with one attached hydrogen (secondary N) is 3. The molecule has 5 amide bonds. The number of likely N-dealkylation sites (tertiary alicyclic amines) is 1. The summed E-state index contributed by atoms with van der Waals surface area (Å²) in [7, 11) is 0. The van der Waals surface area contributed by atoms with Crippen LogP contribution in [0.5, 0.6) is 0 Å². The normalized spacial score (nSPS) is 21.3. The number of rotatable bonds is 7. The molecule has 3 unspecified atom stereocenters. The quantitative estimate of drug-likeness (QED) is 0.463. The highest BCUT2D eigenvalue weighted by molar-refractivity contribution is 6.00. The zero-order valence-electron chi connectivity index (χ0n) is 17.3. The lowest BCUT2D eigenvalue weighted by Gasteiger charge is -2.28. The van der Waals surface area contributed by atoms with Crippen molar-refractivity contribution in [2.45, 2.75) is 57.2 Å². The molecular weight excluding hydrogens is 402 g/mol. The molecule has 10 heteroatoms. The minimum atomic E-state index is -1.20. The van der Waals surface area contributed by atoms with Crippen LogP contribution in [0.2, 0.25) is 0 Å². The van der Waals surface area contributed by atoms with Crippen LogP contribution in [0, 0.1) is 6.92 Å². The number of anilines is 1. The van der Waals surface area contributed by atoms with Crippen molar-refractivity contribution in [1.29, 1.82) is 0 Å². The Morgan fingerprint density at radius 3 is 2.48 bits per heavy atom. The Morgan fingerprint density at radius 2 is 1.87 bits per heavy atom. The van der Waals surface area contributed by atoms with Crippen LogP contribution in [0.15, 0.2) is 24.3 Å². The van der Waals surface area contributed by atoms with E-state index in [9.17, 15) is 24.0 Å². The zero-order valence-corrected chi connectivity index (χ0v) is 17.3. The number of hydrogen-bond donors (Lipinski definition) is 4. The maximum atomic E-state index is 13.1. The molecule has 166 valence electrons. The third-order valence-electron chi connectivity index (χ3n) is 5.49. The van der Waals surface area contributed by atoms with Crippen LogP contribution in [-0.2, 0) is 24.0 Å². The summed E-state index contributed by atoms with van der Waals surface area (Å²) in [5.74, 6) is -2.43. The fourth-order valence-electron chi connectivity index (χ4n) is 3.85. The number of nitrogens with zero attached hydrogens (tertiary/aromatic N) is 1. The second-order valence-electron chi connectivity index (χ2n) is 7.94. The van der Waals surface area contributed by atoms with Crippen molar-refractivity contribution >= 4 is 35.2 Å². The maximum Gasteiger partial charge on any atom is 0.247 e. The van der Waals surface area contributed by atoms with E-state index in [1.54, 1.807) is 12.1 Å². The Labute approximate surface area is 179 Å². The lowest BCUT2D eigenvalue weighted by Crippen LogP contribution is -2.56. The maximum absolute atomic E-state index is 13.1. The number of carbonyl (C=O) groups excluding carboxylic acids is 5. The van der Waals surface area contributed by atoms with E-state index in [0.717, 1.165) is 5.56 Å². The first kappa shape index (κ1) is 22.3. The number of nitrogens with two attached hydrogens (primary N) is 1. The molecule has 1 aromatic carbocycles. The average Bonchev–Trinajstić information content (AvgIpc) is 3.37. The van der Waals surface area contributed by atoms with E-state index in [1.807, 2.05) is 19.1 Å². The summed E-state index contributed by atoms with van der Waals surface area (Å²) in [6.45, 7) is 2.27. The summed E-state index contributed by atoms with van der Waals surface area (Å²) in [5.41, 5.74) is 6.95. The first-order valence-electron chi connectivity index (χ1n) is 10.3. The van der Waals surface area contributed by atoms with E-state index in [0.29, 0.717) is 31.5 Å². The Bertz CT molecular complexity index is 885. The summed E-state index contributed by atoms with van der Waals surface area (Å²) in [6, 6.07) is 4.62. The molecule has 0 bridgehead atoms. The first-order chi connectivity index (χ1) is 14.7. The van der Waals surface area contributed by atoms with Gasteiger partial charge in [0, 0.05) is 18.7 Å². The lowest BCUT2D eigenvalue weighted by molar-refractivity contribution is -0.141. The predicted octanol–water partition coefficient (Wildman–Crippen LogP) is -0.437. The Morgan fingerprint density at radius 1 is 1.16 bits per heavy atom. The molecule has 3 rings (SSSR count). The highest BCUT2D eigenvalue weighted by Gasteiger charge is 2.39. The van der Waals surface area contributed by atoms with Crippen molar-refractivity contribution in [3.63, 3.8) is 0 Å². The molecule has 2 fully saturated rings. The van der Waals surface area contributed by atoms with Crippen molar-refractivity contribution < 1.29 is 24.0 Å². The number of hydrogen-bond acceptors (Lipinski definition) is 5. The van der Waals surface area contributed by atoms with Gasteiger partial charge < -0.3 is 26.6 Å². The zero-order chi connectivity index (χ0) is 22.5. The van der Waals surface area contributed by atoms with Gasteiger partial charge in [0.2, 0.25) is 29.5 Å². The molecular formula is C21H27N5O5. The second-order valence-corrected chi connectivity index (χ2v) is 7.94. The van der Waals surface area contributed by atoms with Crippen LogP contribution in [0.25, 0.3) is 0 Å². The molecule has 1 aromatic rings. The monoisotopic (exact) mass is 429 g/mol. The largest absolute Gasteiger partial charge is 0.370 e. The summed E-state index contributed by atoms with van der Waals surface area (Å²) in [6.07, 6.45) is 1.23. The molecule has 2 heterocycles. The molecule has 0 aromatic heterocycles. The van der Waals surface area contributed by atoms with Crippen LogP contribution < -0.4 is 21.7 Å². The van der Waals surface area contributed by atoms with Gasteiger partial charge in [-0.25, -0.2) is 0 Å². The highest BCUT2D eigenvalue weighted by atomic mass is 16.2. The van der Waals surface area contributed by atoms with E-state index in [4.69, 9.17) is 5.73 Å². The summed E-state index contributed by atoms with van der Waals surface area (Å²) >= 11 is 0. The summed E-state index contributed by atoms with van der Waals surface area (Å²) in [4.78, 5) is 62.7. The van der Waals surface area contributed by atoms with Crippen LogP contribution >= 0.6 is 0 Å². The Kier molecular flexibility index (Phi) is 6.88. The van der Waals surface area contributed by atoms with Gasteiger partial charge in [0.05, 0.1) is 6.42 Å². The Hall–Kier alpha value is -3.43. The van der Waals surface area contributed by atoms with Crippen molar-refractivity contribution in [3.05, 3.63) is 29.8 Å². The molecule has 0 spiro atoms. The predicted molar refractivity (Wildman–Crippen MR) is 111 cm³/mol. The average molecular weight is 429 g/mol. The highest BCUT2D eigenvalue weighted by Crippen LogP contribution is 2.21. The van der Waals surface area contributed by atoms with Crippen molar-refractivity contribution in [1.82, 2.24) is 15.5 Å². The number of primary amides is 1. The molecule has 31 heavy (non-hydrogen) atoms. The van der Waals surface area contributed by atoms with E-state index in [1.165, 1.54) is 4.90 Å². The standard InChI is InChI=1S/C21H27N5O5/c1-12-4-6-13(7-5-12)23-20(30)16-3-2-10-26(16)21(31)15(11-17(22)27)25-19(29)14-8-9-18(28)24-14/h4-7,14-16H,2-3,8-11H2,1H3,(H2,22,27)(H,23,30)(H,24,28)(H,25,29). The molecule has 10 nitrogen and oxygen atoms in total. The van der Waals surface area contributed by atoms with Crippen LogP contribution in [0.1, 0.15) is 37.7 Å². The molecule has 2 aliphatic rings. The van der Waals surface area contributed by atoms with Gasteiger partial charge in [-0.15, -0.1) is 0 Å². The molecule has 5 N–H and O–H groups in total.